The lowest BCUT2D eigenvalue weighted by atomic mass is 10.1. The van der Waals surface area contributed by atoms with Gasteiger partial charge in [0.2, 0.25) is 0 Å². The Morgan fingerprint density at radius 3 is 0.528 bits per heavy atom. The highest BCUT2D eigenvalue weighted by molar-refractivity contribution is 5.73. The highest BCUT2D eigenvalue weighted by atomic mass is 16.6. The van der Waals surface area contributed by atoms with Crippen LogP contribution in [0.25, 0.3) is 0 Å². The Morgan fingerprint density at radius 2 is 0.352 bits per heavy atom. The van der Waals surface area contributed by atoms with Crippen LogP contribution in [0.4, 0.5) is 0 Å². The first-order chi connectivity index (χ1) is 67.9. The first-order valence-corrected chi connectivity index (χ1v) is 52.1. The smallest absolute Gasteiger partial charge is 0.306 e. The SMILES string of the molecule is COC(=O)CCCCCN1C[C@@H](C)N(CCN(CCC(=O)OC)CCC(=O)OC)C[C@@H]1C.COC(=O)CCCCCN1C[C@@H](C)N(CCN)C[C@@H]1C.COC(=O)CCCCCN1C[C@@H](C)N(CCNCCC(=O)OC)C[C@@H]1C.COC(=O)CCN(CCC(=O)OC)CCN1C[C@H](C)N(CCN(CCC(=O)OC)CCC(=O)OC)C[C@H]1C.COC(=O)CCN(CCC(=O)OC)CCN1C[C@H](C)N(CCN)C[C@H]1C. The van der Waals surface area contributed by atoms with E-state index in [-0.39, 0.29) is 97.3 Å². The fraction of sp³-hybridized carbons (Fsp3) is 0.881. The molecule has 0 radical (unpaired) electrons. The van der Waals surface area contributed by atoms with E-state index in [9.17, 15) is 57.5 Å². The van der Waals surface area contributed by atoms with Crippen LogP contribution in [0.15, 0.2) is 0 Å². The zero-order chi connectivity index (χ0) is 106. The molecule has 5 fully saturated rings. The van der Waals surface area contributed by atoms with Crippen molar-refractivity contribution in [2.75, 3.05) is 321 Å². The van der Waals surface area contributed by atoms with Gasteiger partial charge in [0.15, 0.2) is 0 Å². The van der Waals surface area contributed by atoms with Gasteiger partial charge >= 0.3 is 71.6 Å². The lowest BCUT2D eigenvalue weighted by molar-refractivity contribution is -0.143. The van der Waals surface area contributed by atoms with Crippen LogP contribution in [0.5, 0.6) is 0 Å². The van der Waals surface area contributed by atoms with E-state index in [2.05, 4.69) is 157 Å². The molecular weight excluding hydrogens is 1840 g/mol. The van der Waals surface area contributed by atoms with Gasteiger partial charge in [0.05, 0.1) is 143 Å². The van der Waals surface area contributed by atoms with Crippen molar-refractivity contribution < 1.29 is 114 Å². The number of methoxy groups -OCH3 is 12. The predicted octanol–water partition coefficient (Wildman–Crippen LogP) is 3.89. The molecule has 41 heteroatoms. The maximum atomic E-state index is 11.6. The molecule has 0 aromatic heterocycles. The minimum Gasteiger partial charge on any atom is -0.469 e. The first-order valence-electron chi connectivity index (χ1n) is 52.1. The third-order valence-electron chi connectivity index (χ3n) is 27.7. The van der Waals surface area contributed by atoms with Gasteiger partial charge in [-0.3, -0.25) is 107 Å². The van der Waals surface area contributed by atoms with Crippen LogP contribution in [0, 0.1) is 0 Å². The van der Waals surface area contributed by atoms with Crippen LogP contribution in [-0.2, 0) is 114 Å². The number of carbonyl (C=O) groups is 12. The molecule has 0 bridgehead atoms. The van der Waals surface area contributed by atoms with Crippen LogP contribution in [0.2, 0.25) is 0 Å². The summed E-state index contributed by atoms with van der Waals surface area (Å²) in [5, 5.41) is 3.31. The topological polar surface area (TPSA) is 425 Å². The minimum absolute atomic E-state index is 0.0950. The summed E-state index contributed by atoms with van der Waals surface area (Å²) in [5.41, 5.74) is 11.4. The highest BCUT2D eigenvalue weighted by Gasteiger charge is 2.35. The summed E-state index contributed by atoms with van der Waals surface area (Å²) in [6, 6.07) is 4.75. The number of rotatable bonds is 64. The Bertz CT molecular complexity index is 3250. The molecule has 828 valence electrons. The number of nitrogens with one attached hydrogen (secondary N) is 1. The van der Waals surface area contributed by atoms with E-state index in [1.54, 1.807) is 0 Å². The largest absolute Gasteiger partial charge is 0.469 e. The van der Waals surface area contributed by atoms with E-state index in [1.807, 2.05) is 0 Å². The van der Waals surface area contributed by atoms with Crippen LogP contribution >= 0.6 is 0 Å². The zero-order valence-corrected chi connectivity index (χ0v) is 91.8. The van der Waals surface area contributed by atoms with Crippen molar-refractivity contribution >= 4 is 71.6 Å². The maximum Gasteiger partial charge on any atom is 0.306 e. The molecule has 5 heterocycles. The van der Waals surface area contributed by atoms with E-state index in [4.69, 9.17) is 54.1 Å². The Morgan fingerprint density at radius 1 is 0.197 bits per heavy atom. The summed E-state index contributed by atoms with van der Waals surface area (Å²) < 4.78 is 56.7. The second-order valence-corrected chi connectivity index (χ2v) is 38.2. The molecular formula is C101H195N17O24. The van der Waals surface area contributed by atoms with Gasteiger partial charge in [-0.2, -0.15) is 0 Å². The van der Waals surface area contributed by atoms with E-state index in [1.165, 1.54) is 85.3 Å². The lowest BCUT2D eigenvalue weighted by Gasteiger charge is -2.45. The zero-order valence-electron chi connectivity index (χ0n) is 91.8. The maximum absolute atomic E-state index is 11.6. The minimum atomic E-state index is -0.268. The van der Waals surface area contributed by atoms with Gasteiger partial charge in [-0.05, 0) is 127 Å². The molecule has 0 saturated carbocycles. The van der Waals surface area contributed by atoms with E-state index < -0.39 is 0 Å². The summed E-state index contributed by atoms with van der Waals surface area (Å²) in [5.74, 6) is -2.52. The normalized spacial score (nSPS) is 20.8. The third kappa shape index (κ3) is 60.9. The summed E-state index contributed by atoms with van der Waals surface area (Å²) in [7, 11) is 16.8. The Labute approximate surface area is 852 Å². The van der Waals surface area contributed by atoms with Gasteiger partial charge < -0.3 is 93.2 Å². The molecule has 0 aromatic carbocycles. The highest BCUT2D eigenvalue weighted by Crippen LogP contribution is 2.23. The molecule has 5 aliphatic heterocycles. The molecule has 0 amide bonds. The van der Waals surface area contributed by atoms with Gasteiger partial charge in [-0.15, -0.1) is 0 Å². The summed E-state index contributed by atoms with van der Waals surface area (Å²) in [4.78, 5) is 170. The summed E-state index contributed by atoms with van der Waals surface area (Å²) >= 11 is 0. The van der Waals surface area contributed by atoms with Gasteiger partial charge in [0.25, 0.3) is 0 Å². The van der Waals surface area contributed by atoms with Crippen LogP contribution in [-0.4, -0.2) is 522 Å². The predicted molar refractivity (Wildman–Crippen MR) is 548 cm³/mol. The quantitative estimate of drug-likeness (QED) is 0.0441. The van der Waals surface area contributed by atoms with E-state index >= 15 is 0 Å². The fourth-order valence-corrected chi connectivity index (χ4v) is 18.3. The Balaban J connectivity index is 0.000000901. The van der Waals surface area contributed by atoms with Crippen molar-refractivity contribution in [1.29, 1.82) is 0 Å². The molecule has 5 rings (SSSR count). The van der Waals surface area contributed by atoms with Gasteiger partial charge in [-0.1, -0.05) is 19.3 Å². The number of carbonyl (C=O) groups excluding carboxylic acids is 12. The number of ether oxygens (including phenoxy) is 12. The second-order valence-electron chi connectivity index (χ2n) is 38.2. The monoisotopic (exact) mass is 2030 g/mol. The average molecular weight is 2030 g/mol. The number of nitrogens with zero attached hydrogens (tertiary/aromatic N) is 14. The van der Waals surface area contributed by atoms with Crippen molar-refractivity contribution in [3.63, 3.8) is 0 Å². The lowest BCUT2D eigenvalue weighted by Crippen LogP contribution is -2.58. The molecule has 5 N–H and O–H groups in total. The summed E-state index contributed by atoms with van der Waals surface area (Å²) in [6.07, 6.45) is 13.7. The van der Waals surface area contributed by atoms with Crippen LogP contribution < -0.4 is 16.8 Å². The van der Waals surface area contributed by atoms with Crippen LogP contribution in [0.1, 0.15) is 204 Å². The molecule has 0 aromatic rings. The number of hydrogen-bond donors (Lipinski definition) is 3. The molecule has 0 aliphatic carbocycles. The van der Waals surface area contributed by atoms with Crippen molar-refractivity contribution in [2.45, 2.75) is 264 Å². The van der Waals surface area contributed by atoms with Crippen molar-refractivity contribution in [3.8, 4) is 0 Å². The standard InChI is InChI=1S/C26H48N4O8.C23H43N3O6.C19H37N3O4.C18H36N4O4.C15H31N3O2/c1-21-19-30(18-16-28(13-9-25(33)37-5)14-10-26(34)38-6)22(2)20-29(21)17-15-27(11-7-23(31)35-3)12-8-24(32)36-4;1-19-18-26(20(2)17-25(19)12-8-6-7-9-21(27)30-3)16-15-24(13-10-22(28)31-4)14-11-23(29)32-5;1-16-15-22(13-11-20-10-9-19(24)26-4)17(2)14-21(16)12-7-5-6-8-18(23)25-3;1-15-14-22(16(2)13-21(15)10-7-19)12-11-20(8-5-17(23)25-3)9-6-18(24)26-4;1-13-12-18(10-8-16)14(2)11-17(13)9-6-4-5-7-15(19)20-3/h21-22H,7-20H2,1-6H3;19-20H,6-18H2,1-5H3;16-17,20H,5-15H2,1-4H3;15-16H,5-14,19H2,1-4H3;13-14H,4-12,16H2,1-3H3/t21-,22+;19-,20+;16-,17+;15-,16+;13-,14+/m.0000/s1. The molecule has 5 saturated heterocycles. The molecule has 5 aliphatic rings. The number of esters is 12. The number of hydrogen-bond acceptors (Lipinski definition) is 41. The summed E-state index contributed by atoms with van der Waals surface area (Å²) in [6.45, 7) is 52.9. The first kappa shape index (κ1) is 133. The van der Waals surface area contributed by atoms with Gasteiger partial charge in [0.1, 0.15) is 0 Å². The van der Waals surface area contributed by atoms with Gasteiger partial charge in [-0.25, -0.2) is 0 Å². The van der Waals surface area contributed by atoms with Crippen molar-refractivity contribution in [3.05, 3.63) is 0 Å². The van der Waals surface area contributed by atoms with Crippen molar-refractivity contribution in [1.82, 2.24) is 73.9 Å². The number of nitrogens with two attached hydrogens (primary N) is 2. The molecule has 41 nitrogen and oxygen atoms in total. The Kier molecular flexibility index (Phi) is 75.9. The average Bonchev–Trinajstić information content (AvgIpc) is 0.858. The third-order valence-corrected chi connectivity index (χ3v) is 27.7. The molecule has 142 heavy (non-hydrogen) atoms. The number of piperazine rings is 5. The molecule has 0 spiro atoms. The van der Waals surface area contributed by atoms with Crippen LogP contribution in [0.3, 0.4) is 0 Å². The van der Waals surface area contributed by atoms with E-state index in [0.717, 1.165) is 228 Å². The van der Waals surface area contributed by atoms with E-state index in [0.29, 0.717) is 177 Å². The molecule has 0 unspecified atom stereocenters. The fourth-order valence-electron chi connectivity index (χ4n) is 18.3. The van der Waals surface area contributed by atoms with Crippen molar-refractivity contribution in [2.24, 2.45) is 11.5 Å². The Hall–Kier alpha value is -7.04. The number of unbranched alkanes of at least 4 members (excludes halogenated alkanes) is 6. The molecule has 10 atom stereocenters. The second kappa shape index (κ2) is 81.0. The van der Waals surface area contributed by atoms with Gasteiger partial charge in [0, 0.05) is 296 Å².